The normalized spacial score (nSPS) is 11.8. The highest BCUT2D eigenvalue weighted by molar-refractivity contribution is 8.01. The Hall–Kier alpha value is -1.80. The number of aromatic nitrogens is 2. The predicted molar refractivity (Wildman–Crippen MR) is 92.6 cm³/mol. The first-order valence-corrected chi connectivity index (χ1v) is 9.04. The number of methoxy groups -OCH3 is 1. The van der Waals surface area contributed by atoms with Crippen LogP contribution in [-0.4, -0.2) is 35.1 Å². The number of thioether (sulfide) groups is 1. The van der Waals surface area contributed by atoms with Gasteiger partial charge in [-0.2, -0.15) is 0 Å². The van der Waals surface area contributed by atoms with E-state index in [-0.39, 0.29) is 5.91 Å². The Labute approximate surface area is 143 Å². The number of anilines is 1. The van der Waals surface area contributed by atoms with Crippen molar-refractivity contribution in [3.05, 3.63) is 24.3 Å². The fourth-order valence-electron chi connectivity index (χ4n) is 1.79. The van der Waals surface area contributed by atoms with Crippen LogP contribution in [0, 0.1) is 0 Å². The minimum Gasteiger partial charge on any atom is -0.497 e. The Morgan fingerprint density at radius 3 is 2.83 bits per heavy atom. The van der Waals surface area contributed by atoms with Gasteiger partial charge in [-0.25, -0.2) is 0 Å². The summed E-state index contributed by atoms with van der Waals surface area (Å²) in [5.41, 5.74) is 0. The van der Waals surface area contributed by atoms with Crippen molar-refractivity contribution < 1.29 is 14.3 Å². The van der Waals surface area contributed by atoms with Gasteiger partial charge < -0.3 is 9.47 Å². The van der Waals surface area contributed by atoms with Crippen LogP contribution in [0.25, 0.3) is 0 Å². The van der Waals surface area contributed by atoms with E-state index in [0.717, 1.165) is 10.1 Å². The zero-order valence-electron chi connectivity index (χ0n) is 13.2. The molecule has 124 valence electrons. The summed E-state index contributed by atoms with van der Waals surface area (Å²) in [5, 5.41) is 11.2. The molecule has 23 heavy (non-hydrogen) atoms. The van der Waals surface area contributed by atoms with Gasteiger partial charge in [-0.05, 0) is 24.3 Å². The fraction of sp³-hybridized carbons (Fsp3) is 0.400. The maximum absolute atomic E-state index is 12.3. The van der Waals surface area contributed by atoms with E-state index in [4.69, 9.17) is 9.47 Å². The number of rotatable bonds is 8. The molecule has 6 nitrogen and oxygen atoms in total. The number of ether oxygens (including phenoxy) is 2. The average molecular weight is 353 g/mol. The molecule has 0 saturated heterocycles. The van der Waals surface area contributed by atoms with Crippen molar-refractivity contribution >= 4 is 34.1 Å². The minimum atomic E-state index is -0.603. The zero-order chi connectivity index (χ0) is 16.7. The second-order valence-electron chi connectivity index (χ2n) is 4.49. The van der Waals surface area contributed by atoms with E-state index in [1.165, 1.54) is 11.3 Å². The fourth-order valence-corrected chi connectivity index (χ4v) is 3.44. The largest absolute Gasteiger partial charge is 0.497 e. The van der Waals surface area contributed by atoms with Gasteiger partial charge in [-0.1, -0.05) is 43.0 Å². The number of carbonyl (C=O) groups is 1. The van der Waals surface area contributed by atoms with Crippen LogP contribution in [0.2, 0.25) is 0 Å². The van der Waals surface area contributed by atoms with E-state index in [0.29, 0.717) is 23.1 Å². The first kappa shape index (κ1) is 17.6. The molecule has 8 heteroatoms. The molecular formula is C15H19N3O3S2. The third kappa shape index (κ3) is 5.11. The van der Waals surface area contributed by atoms with Crippen LogP contribution in [0.3, 0.4) is 0 Å². The SMILES string of the molecule is CCSc1nnc(NC(=O)C(CC)Oc2cccc(OC)c2)s1. The minimum absolute atomic E-state index is 0.237. The molecule has 2 rings (SSSR count). The summed E-state index contributed by atoms with van der Waals surface area (Å²) >= 11 is 2.95. The number of hydrogen-bond donors (Lipinski definition) is 1. The summed E-state index contributed by atoms with van der Waals surface area (Å²) in [5.74, 6) is 1.95. The maximum Gasteiger partial charge on any atom is 0.267 e. The van der Waals surface area contributed by atoms with Crippen LogP contribution in [0.1, 0.15) is 20.3 Å². The van der Waals surface area contributed by atoms with Crippen molar-refractivity contribution in [3.8, 4) is 11.5 Å². The van der Waals surface area contributed by atoms with Crippen molar-refractivity contribution in [2.45, 2.75) is 30.7 Å². The van der Waals surface area contributed by atoms with E-state index in [9.17, 15) is 4.79 Å². The smallest absolute Gasteiger partial charge is 0.267 e. The Balaban J connectivity index is 1.99. The van der Waals surface area contributed by atoms with Crippen molar-refractivity contribution in [2.75, 3.05) is 18.2 Å². The number of benzene rings is 1. The number of nitrogens with one attached hydrogen (secondary N) is 1. The number of carbonyl (C=O) groups excluding carboxylic acids is 1. The first-order chi connectivity index (χ1) is 11.2. The van der Waals surface area contributed by atoms with Gasteiger partial charge in [0.05, 0.1) is 7.11 Å². The molecule has 2 aromatic rings. The molecule has 0 bridgehead atoms. The van der Waals surface area contributed by atoms with E-state index < -0.39 is 6.10 Å². The predicted octanol–water partition coefficient (Wildman–Crippen LogP) is 3.45. The lowest BCUT2D eigenvalue weighted by atomic mass is 10.2. The second-order valence-corrected chi connectivity index (χ2v) is 6.98. The highest BCUT2D eigenvalue weighted by Gasteiger charge is 2.20. The van der Waals surface area contributed by atoms with Gasteiger partial charge >= 0.3 is 0 Å². The average Bonchev–Trinajstić information content (AvgIpc) is 3.00. The summed E-state index contributed by atoms with van der Waals surface area (Å²) in [4.78, 5) is 12.3. The molecule has 1 amide bonds. The van der Waals surface area contributed by atoms with Crippen molar-refractivity contribution in [1.82, 2.24) is 10.2 Å². The highest BCUT2D eigenvalue weighted by atomic mass is 32.2. The Morgan fingerprint density at radius 1 is 1.35 bits per heavy atom. The molecule has 1 aromatic carbocycles. The van der Waals surface area contributed by atoms with E-state index >= 15 is 0 Å². The van der Waals surface area contributed by atoms with Gasteiger partial charge in [0.2, 0.25) is 5.13 Å². The number of amides is 1. The molecule has 1 atom stereocenters. The van der Waals surface area contributed by atoms with Crippen molar-refractivity contribution in [2.24, 2.45) is 0 Å². The van der Waals surface area contributed by atoms with Gasteiger partial charge in [-0.3, -0.25) is 10.1 Å². The molecule has 1 N–H and O–H groups in total. The van der Waals surface area contributed by atoms with Gasteiger partial charge in [0.25, 0.3) is 5.91 Å². The van der Waals surface area contributed by atoms with Gasteiger partial charge in [-0.15, -0.1) is 10.2 Å². The Morgan fingerprint density at radius 2 is 2.13 bits per heavy atom. The van der Waals surface area contributed by atoms with Crippen LogP contribution < -0.4 is 14.8 Å². The van der Waals surface area contributed by atoms with Crippen LogP contribution in [0.5, 0.6) is 11.5 Å². The molecule has 0 spiro atoms. The molecule has 1 aromatic heterocycles. The van der Waals surface area contributed by atoms with Gasteiger partial charge in [0.15, 0.2) is 10.4 Å². The summed E-state index contributed by atoms with van der Waals surface area (Å²) in [6.45, 7) is 3.93. The van der Waals surface area contributed by atoms with Crippen LogP contribution in [0.15, 0.2) is 28.6 Å². The molecule has 0 saturated carbocycles. The maximum atomic E-state index is 12.3. The summed E-state index contributed by atoms with van der Waals surface area (Å²) in [6.07, 6.45) is -0.0633. The van der Waals surface area contributed by atoms with E-state index in [1.807, 2.05) is 26.0 Å². The third-order valence-corrected chi connectivity index (χ3v) is 4.74. The Kier molecular flexibility index (Phi) is 6.66. The summed E-state index contributed by atoms with van der Waals surface area (Å²) in [6, 6.07) is 7.18. The molecule has 1 unspecified atom stereocenters. The third-order valence-electron chi connectivity index (χ3n) is 2.89. The monoisotopic (exact) mass is 353 g/mol. The topological polar surface area (TPSA) is 73.3 Å². The first-order valence-electron chi connectivity index (χ1n) is 7.24. The number of nitrogens with zero attached hydrogens (tertiary/aromatic N) is 2. The van der Waals surface area contributed by atoms with Crippen molar-refractivity contribution in [3.63, 3.8) is 0 Å². The highest BCUT2D eigenvalue weighted by Crippen LogP contribution is 2.26. The lowest BCUT2D eigenvalue weighted by Gasteiger charge is -2.16. The lowest BCUT2D eigenvalue weighted by Crippen LogP contribution is -2.32. The summed E-state index contributed by atoms with van der Waals surface area (Å²) < 4.78 is 11.7. The molecule has 0 aliphatic heterocycles. The van der Waals surface area contributed by atoms with Crippen LogP contribution >= 0.6 is 23.1 Å². The van der Waals surface area contributed by atoms with Gasteiger partial charge in [0, 0.05) is 6.07 Å². The quantitative estimate of drug-likeness (QED) is 0.579. The molecule has 0 fully saturated rings. The lowest BCUT2D eigenvalue weighted by molar-refractivity contribution is -0.122. The van der Waals surface area contributed by atoms with E-state index in [2.05, 4.69) is 15.5 Å². The molecule has 0 aliphatic rings. The molecule has 0 radical (unpaired) electrons. The molecular weight excluding hydrogens is 334 g/mol. The Bertz CT molecular complexity index is 648. The van der Waals surface area contributed by atoms with Crippen LogP contribution in [0.4, 0.5) is 5.13 Å². The molecule has 0 aliphatic carbocycles. The molecule has 1 heterocycles. The van der Waals surface area contributed by atoms with Crippen molar-refractivity contribution in [1.29, 1.82) is 0 Å². The summed E-state index contributed by atoms with van der Waals surface area (Å²) in [7, 11) is 1.59. The van der Waals surface area contributed by atoms with Gasteiger partial charge in [0.1, 0.15) is 11.5 Å². The number of hydrogen-bond acceptors (Lipinski definition) is 7. The van der Waals surface area contributed by atoms with E-state index in [1.54, 1.807) is 31.0 Å². The second kappa shape index (κ2) is 8.73. The van der Waals surface area contributed by atoms with Crippen LogP contribution in [-0.2, 0) is 4.79 Å². The standard InChI is InChI=1S/C15H19N3O3S2/c1-4-12(21-11-8-6-7-10(9-11)20-3)13(19)16-14-17-18-15(23-14)22-5-2/h6-9,12H,4-5H2,1-3H3,(H,16,17,19). The zero-order valence-corrected chi connectivity index (χ0v) is 14.9.